The lowest BCUT2D eigenvalue weighted by Gasteiger charge is -2.25. The lowest BCUT2D eigenvalue weighted by Crippen LogP contribution is -2.37. The summed E-state index contributed by atoms with van der Waals surface area (Å²) >= 11 is 14.4. The maximum atomic E-state index is 12.5. The van der Waals surface area contributed by atoms with Gasteiger partial charge in [-0.3, -0.25) is 9.35 Å². The van der Waals surface area contributed by atoms with Crippen LogP contribution < -0.4 is 14.4 Å². The molecule has 0 atom stereocenters. The number of anilines is 2. The number of fused-ring (bicyclic) bond motifs is 2. The van der Waals surface area contributed by atoms with Crippen LogP contribution in [0.3, 0.4) is 0 Å². The Morgan fingerprint density at radius 2 is 1.77 bits per heavy atom. The van der Waals surface area contributed by atoms with Gasteiger partial charge < -0.3 is 19.6 Å². The molecule has 2 aromatic carbocycles. The van der Waals surface area contributed by atoms with Crippen LogP contribution in [-0.2, 0) is 36.0 Å². The Morgan fingerprint density at radius 1 is 1.04 bits per heavy atom. The van der Waals surface area contributed by atoms with E-state index in [0.29, 0.717) is 55.5 Å². The van der Waals surface area contributed by atoms with Crippen molar-refractivity contribution in [1.82, 2.24) is 0 Å². The Hall–Kier alpha value is -2.72. The van der Waals surface area contributed by atoms with Gasteiger partial charge in [-0.1, -0.05) is 41.5 Å². The largest absolute Gasteiger partial charge is 0.481 e. The highest BCUT2D eigenvalue weighted by atomic mass is 35.5. The summed E-state index contributed by atoms with van der Waals surface area (Å²) in [6.45, 7) is 5.83. The fraction of sp³-hybridized carbons (Fsp3) is 0.419. The number of rotatable bonds is 16. The van der Waals surface area contributed by atoms with E-state index in [-0.39, 0.29) is 35.1 Å². The molecule has 2 heterocycles. The zero-order valence-corrected chi connectivity index (χ0v) is 30.2. The zero-order chi connectivity index (χ0) is 34.5. The highest BCUT2D eigenvalue weighted by molar-refractivity contribution is 7.90. The summed E-state index contributed by atoms with van der Waals surface area (Å²) in [7, 11) is -7.65. The van der Waals surface area contributed by atoms with Gasteiger partial charge in [-0.15, -0.1) is 0 Å². The predicted molar refractivity (Wildman–Crippen MR) is 187 cm³/mol. The topological polar surface area (TPSA) is 145 Å². The molecule has 0 amide bonds. The van der Waals surface area contributed by atoms with Crippen LogP contribution in [0.25, 0.3) is 16.3 Å². The van der Waals surface area contributed by atoms with Gasteiger partial charge in [-0.05, 0) is 62.1 Å². The number of carboxylic acids is 1. The van der Waals surface area contributed by atoms with Crippen LogP contribution in [0.4, 0.5) is 11.4 Å². The van der Waals surface area contributed by atoms with E-state index < -0.39 is 25.9 Å². The average molecular weight is 748 g/mol. The number of hydrogen-bond acceptors (Lipinski definition) is 9. The Kier molecular flexibility index (Phi) is 12.4. The monoisotopic (exact) mass is 746 g/mol. The first kappa shape index (κ1) is 37.1. The van der Waals surface area contributed by atoms with Crippen LogP contribution in [0.15, 0.2) is 52.7 Å². The number of carbonyl (C=O) groups is 1. The molecule has 0 bridgehead atoms. The van der Waals surface area contributed by atoms with Crippen LogP contribution in [-0.4, -0.2) is 70.8 Å². The second kappa shape index (κ2) is 15.7. The molecule has 256 valence electrons. The molecule has 0 fully saturated rings. The molecule has 11 nitrogen and oxygen atoms in total. The Morgan fingerprint density at radius 3 is 2.40 bits per heavy atom. The van der Waals surface area contributed by atoms with Crippen molar-refractivity contribution in [2.45, 2.75) is 51.0 Å². The Bertz CT molecular complexity index is 1920. The van der Waals surface area contributed by atoms with Gasteiger partial charge >= 0.3 is 5.97 Å². The zero-order valence-electron chi connectivity index (χ0n) is 26.3. The summed E-state index contributed by atoms with van der Waals surface area (Å²) in [5.41, 5.74) is 3.26. The molecule has 3 aromatic rings. The van der Waals surface area contributed by atoms with Gasteiger partial charge in [0.05, 0.1) is 27.0 Å². The lowest BCUT2D eigenvalue weighted by molar-refractivity contribution is -0.670. The SMILES string of the molecule is CCC(=Cc1sc2ccc(Cl)cc2[n+]1CCOCCCS(=O)(=O)O)C=C1N(CC)c2cc(S(C)(=O)=O)c(Cl)cc2N1CCCC(=O)O. The minimum Gasteiger partial charge on any atom is -0.481 e. The summed E-state index contributed by atoms with van der Waals surface area (Å²) in [6.07, 6.45) is 6.38. The van der Waals surface area contributed by atoms with Crippen molar-refractivity contribution in [3.63, 3.8) is 0 Å². The first-order chi connectivity index (χ1) is 22.1. The van der Waals surface area contributed by atoms with E-state index in [4.69, 9.17) is 32.5 Å². The third-order valence-electron chi connectivity index (χ3n) is 7.53. The molecule has 0 radical (unpaired) electrons. The average Bonchev–Trinajstić information content (AvgIpc) is 3.45. The molecule has 4 rings (SSSR count). The number of halogens is 2. The molecule has 1 aromatic heterocycles. The van der Waals surface area contributed by atoms with Crippen molar-refractivity contribution in [2.24, 2.45) is 0 Å². The van der Waals surface area contributed by atoms with Crippen molar-refractivity contribution in [3.05, 3.63) is 62.9 Å². The molecule has 1 aliphatic rings. The first-order valence-corrected chi connectivity index (χ1v) is 20.1. The third kappa shape index (κ3) is 9.46. The second-order valence-electron chi connectivity index (χ2n) is 11.0. The number of benzene rings is 2. The van der Waals surface area contributed by atoms with E-state index in [1.807, 2.05) is 47.9 Å². The van der Waals surface area contributed by atoms with Gasteiger partial charge in [0.25, 0.3) is 15.1 Å². The number of carboxylic acid groups (broad SMARTS) is 1. The first-order valence-electron chi connectivity index (χ1n) is 15.0. The van der Waals surface area contributed by atoms with Crippen LogP contribution in [0.2, 0.25) is 10.0 Å². The summed E-state index contributed by atoms with van der Waals surface area (Å²) < 4.78 is 64.8. The quantitative estimate of drug-likeness (QED) is 0.101. The smallest absolute Gasteiger partial charge is 0.303 e. The predicted octanol–water partition coefficient (Wildman–Crippen LogP) is 6.04. The van der Waals surface area contributed by atoms with Crippen molar-refractivity contribution in [1.29, 1.82) is 0 Å². The molecule has 47 heavy (non-hydrogen) atoms. The maximum absolute atomic E-state index is 12.5. The van der Waals surface area contributed by atoms with E-state index in [0.717, 1.165) is 32.9 Å². The molecule has 0 aliphatic carbocycles. The highest BCUT2D eigenvalue weighted by Crippen LogP contribution is 2.46. The van der Waals surface area contributed by atoms with Gasteiger partial charge in [0, 0.05) is 49.5 Å². The van der Waals surface area contributed by atoms with Crippen molar-refractivity contribution in [2.75, 3.05) is 48.1 Å². The number of aromatic nitrogens is 1. The fourth-order valence-corrected chi connectivity index (χ4v) is 8.45. The second-order valence-corrected chi connectivity index (χ2v) is 16.4. The van der Waals surface area contributed by atoms with Crippen LogP contribution in [0.5, 0.6) is 0 Å². The van der Waals surface area contributed by atoms with Gasteiger partial charge in [0.1, 0.15) is 17.1 Å². The summed E-state index contributed by atoms with van der Waals surface area (Å²) in [5.74, 6) is -0.493. The normalized spacial score (nSPS) is 14.9. The number of ether oxygens (including phenoxy) is 1. The van der Waals surface area contributed by atoms with Crippen molar-refractivity contribution < 1.29 is 40.6 Å². The van der Waals surface area contributed by atoms with E-state index in [1.165, 1.54) is 0 Å². The molecule has 0 saturated carbocycles. The molecular weight excluding hydrogens is 709 g/mol. The number of aliphatic carboxylic acids is 1. The van der Waals surface area contributed by atoms with Crippen molar-refractivity contribution >= 4 is 88.1 Å². The summed E-state index contributed by atoms with van der Waals surface area (Å²) in [4.78, 5) is 15.4. The van der Waals surface area contributed by atoms with Gasteiger partial charge in [0.2, 0.25) is 5.52 Å². The molecule has 0 saturated heterocycles. The maximum Gasteiger partial charge on any atom is 0.303 e. The van der Waals surface area contributed by atoms with E-state index >= 15 is 0 Å². The summed E-state index contributed by atoms with van der Waals surface area (Å²) in [5, 5.41) is 10.9. The molecular formula is C31H38Cl2N3O8S3+. The molecule has 0 unspecified atom stereocenters. The number of thiazole rings is 1. The number of allylic oxidation sites excluding steroid dienone is 2. The number of sulfone groups is 1. The van der Waals surface area contributed by atoms with Gasteiger partial charge in [-0.25, -0.2) is 8.42 Å². The number of hydrogen-bond donors (Lipinski definition) is 2. The van der Waals surface area contributed by atoms with Crippen LogP contribution in [0, 0.1) is 0 Å². The number of nitrogens with zero attached hydrogens (tertiary/aromatic N) is 3. The highest BCUT2D eigenvalue weighted by Gasteiger charge is 2.33. The summed E-state index contributed by atoms with van der Waals surface area (Å²) in [6, 6.07) is 8.87. The third-order valence-corrected chi connectivity index (χ3v) is 11.2. The van der Waals surface area contributed by atoms with Gasteiger partial charge in [-0.2, -0.15) is 13.0 Å². The van der Waals surface area contributed by atoms with E-state index in [1.54, 1.807) is 23.5 Å². The molecule has 16 heteroatoms. The molecule has 2 N–H and O–H groups in total. The Balaban J connectivity index is 1.74. The minimum atomic E-state index is -4.05. The van der Waals surface area contributed by atoms with E-state index in [9.17, 15) is 26.7 Å². The standard InChI is InChI=1S/C31H37Cl2N3O8S3/c1-4-21(17-30-36(12-14-44-13-7-15-47(41,42)43)26-18-22(32)9-10-27(26)45-30)16-29-34(5-2)25-20-28(46(3,39)40)23(33)19-24(25)35(29)11-6-8-31(37)38/h9-10,16-20H,4-8,11-15H2,1-3H3,(H-,37,38,41,42,43)/p+1. The van der Waals surface area contributed by atoms with Crippen LogP contribution >= 0.6 is 34.5 Å². The van der Waals surface area contributed by atoms with E-state index in [2.05, 4.69) is 10.6 Å². The fourth-order valence-electron chi connectivity index (χ4n) is 5.34. The van der Waals surface area contributed by atoms with Crippen molar-refractivity contribution in [3.8, 4) is 0 Å². The molecule has 1 aliphatic heterocycles. The lowest BCUT2D eigenvalue weighted by atomic mass is 10.1. The minimum absolute atomic E-state index is 0.0274. The van der Waals surface area contributed by atoms with Gasteiger partial charge in [0.15, 0.2) is 16.4 Å². The van der Waals surface area contributed by atoms with Crippen LogP contribution in [0.1, 0.15) is 44.5 Å². The Labute approximate surface area is 289 Å². The molecule has 0 spiro atoms.